The number of rotatable bonds is 3. The Morgan fingerprint density at radius 3 is 2.55 bits per heavy atom. The van der Waals surface area contributed by atoms with Crippen molar-refractivity contribution in [2.45, 2.75) is 32.6 Å². The van der Waals surface area contributed by atoms with Crippen molar-refractivity contribution in [2.75, 3.05) is 0 Å². The summed E-state index contributed by atoms with van der Waals surface area (Å²) in [5.74, 6) is 0.492. The van der Waals surface area contributed by atoms with Crippen LogP contribution in [0.5, 0.6) is 0 Å². The molecule has 0 atom stereocenters. The lowest BCUT2D eigenvalue weighted by Gasteiger charge is -2.05. The maximum absolute atomic E-state index is 5.59. The second-order valence-electron chi connectivity index (χ2n) is 2.57. The molecule has 0 bridgehead atoms. The molecule has 0 amide bonds. The normalized spacial score (nSPS) is 10.9. The second kappa shape index (κ2) is 3.77. The largest absolute Gasteiger partial charge is 0.344 e. The molecule has 1 aromatic rings. The quantitative estimate of drug-likeness (QED) is 0.702. The number of aromatic nitrogens is 1. The van der Waals surface area contributed by atoms with Crippen LogP contribution in [0.25, 0.3) is 0 Å². The topological polar surface area (TPSA) is 26.0 Å². The molecule has 0 fully saturated rings. The summed E-state index contributed by atoms with van der Waals surface area (Å²) in [4.78, 5) is 0. The number of halogens is 1. The second-order valence-corrected chi connectivity index (χ2v) is 2.94. The standard InChI is InChI=1S/C8H12ClNO/c1-3-6(4-2)7-5-8(9)11-10-7/h5-6H,3-4H2,1-2H3. The molecule has 0 aliphatic heterocycles. The molecule has 1 rings (SSSR count). The minimum absolute atomic E-state index is 0.381. The fraction of sp³-hybridized carbons (Fsp3) is 0.625. The maximum Gasteiger partial charge on any atom is 0.226 e. The highest BCUT2D eigenvalue weighted by Gasteiger charge is 2.11. The van der Waals surface area contributed by atoms with Gasteiger partial charge in [-0.05, 0) is 24.4 Å². The highest BCUT2D eigenvalue weighted by Crippen LogP contribution is 2.23. The van der Waals surface area contributed by atoms with E-state index in [0.29, 0.717) is 11.1 Å². The first-order valence-electron chi connectivity index (χ1n) is 3.90. The molecular formula is C8H12ClNO. The number of hydrogen-bond donors (Lipinski definition) is 0. The van der Waals surface area contributed by atoms with E-state index in [4.69, 9.17) is 16.1 Å². The Morgan fingerprint density at radius 2 is 2.18 bits per heavy atom. The lowest BCUT2D eigenvalue weighted by molar-refractivity contribution is 0.403. The van der Waals surface area contributed by atoms with Gasteiger partial charge in [-0.15, -0.1) is 0 Å². The van der Waals surface area contributed by atoms with Crippen LogP contribution in [0.1, 0.15) is 38.3 Å². The molecule has 1 heterocycles. The van der Waals surface area contributed by atoms with Gasteiger partial charge in [0.05, 0.1) is 5.69 Å². The van der Waals surface area contributed by atoms with Crippen LogP contribution in [0.2, 0.25) is 5.22 Å². The monoisotopic (exact) mass is 173 g/mol. The first kappa shape index (κ1) is 8.60. The van der Waals surface area contributed by atoms with E-state index in [-0.39, 0.29) is 0 Å². The Morgan fingerprint density at radius 1 is 1.55 bits per heavy atom. The molecule has 11 heavy (non-hydrogen) atoms. The Kier molecular flexibility index (Phi) is 2.94. The van der Waals surface area contributed by atoms with E-state index in [1.165, 1.54) is 0 Å². The van der Waals surface area contributed by atoms with Gasteiger partial charge in [-0.1, -0.05) is 19.0 Å². The van der Waals surface area contributed by atoms with Crippen LogP contribution in [0, 0.1) is 0 Å². The molecule has 0 aromatic carbocycles. The van der Waals surface area contributed by atoms with E-state index in [0.717, 1.165) is 18.5 Å². The molecule has 0 saturated carbocycles. The molecule has 1 aromatic heterocycles. The summed E-state index contributed by atoms with van der Waals surface area (Å²) in [6.07, 6.45) is 2.17. The van der Waals surface area contributed by atoms with Gasteiger partial charge in [0.25, 0.3) is 0 Å². The van der Waals surface area contributed by atoms with E-state index in [1.54, 1.807) is 6.07 Å². The lowest BCUT2D eigenvalue weighted by atomic mass is 10.0. The predicted octanol–water partition coefficient (Wildman–Crippen LogP) is 3.23. The molecule has 3 heteroatoms. The molecule has 0 unspecified atom stereocenters. The molecule has 0 aliphatic rings. The zero-order valence-electron chi connectivity index (χ0n) is 6.80. The third-order valence-electron chi connectivity index (χ3n) is 1.90. The predicted molar refractivity (Wildman–Crippen MR) is 44.8 cm³/mol. The summed E-state index contributed by atoms with van der Waals surface area (Å²) in [5, 5.41) is 4.23. The fourth-order valence-electron chi connectivity index (χ4n) is 1.16. The van der Waals surface area contributed by atoms with Crippen LogP contribution in [0.15, 0.2) is 10.6 Å². The number of nitrogens with zero attached hydrogens (tertiary/aromatic N) is 1. The highest BCUT2D eigenvalue weighted by atomic mass is 35.5. The molecule has 0 saturated heterocycles. The molecule has 0 spiro atoms. The summed E-state index contributed by atoms with van der Waals surface area (Å²) in [6.45, 7) is 4.27. The fourth-order valence-corrected chi connectivity index (χ4v) is 1.31. The van der Waals surface area contributed by atoms with Crippen molar-refractivity contribution in [3.8, 4) is 0 Å². The van der Waals surface area contributed by atoms with Crippen molar-refractivity contribution < 1.29 is 4.52 Å². The maximum atomic E-state index is 5.59. The van der Waals surface area contributed by atoms with Crippen LogP contribution >= 0.6 is 11.6 Å². The summed E-state index contributed by atoms with van der Waals surface area (Å²) < 4.78 is 4.76. The summed E-state index contributed by atoms with van der Waals surface area (Å²) >= 11 is 5.59. The third kappa shape index (κ3) is 1.96. The first-order chi connectivity index (χ1) is 5.27. The van der Waals surface area contributed by atoms with Crippen LogP contribution in [0.4, 0.5) is 0 Å². The van der Waals surface area contributed by atoms with Gasteiger partial charge in [0.15, 0.2) is 0 Å². The molecule has 2 nitrogen and oxygen atoms in total. The van der Waals surface area contributed by atoms with Gasteiger partial charge in [0.1, 0.15) is 0 Å². The van der Waals surface area contributed by atoms with E-state index < -0.39 is 0 Å². The van der Waals surface area contributed by atoms with Gasteiger partial charge in [-0.2, -0.15) is 0 Å². The summed E-state index contributed by atoms with van der Waals surface area (Å²) in [7, 11) is 0. The van der Waals surface area contributed by atoms with E-state index in [2.05, 4.69) is 19.0 Å². The zero-order chi connectivity index (χ0) is 8.27. The van der Waals surface area contributed by atoms with Crippen LogP contribution in [-0.4, -0.2) is 5.16 Å². The number of hydrogen-bond acceptors (Lipinski definition) is 2. The van der Waals surface area contributed by atoms with Gasteiger partial charge in [0.2, 0.25) is 5.22 Å². The molecular weight excluding hydrogens is 162 g/mol. The molecule has 0 radical (unpaired) electrons. The van der Waals surface area contributed by atoms with E-state index in [9.17, 15) is 0 Å². The van der Waals surface area contributed by atoms with E-state index >= 15 is 0 Å². The van der Waals surface area contributed by atoms with E-state index in [1.807, 2.05) is 0 Å². The van der Waals surface area contributed by atoms with Crippen LogP contribution in [-0.2, 0) is 0 Å². The average Bonchev–Trinajstić information content (AvgIpc) is 2.39. The zero-order valence-corrected chi connectivity index (χ0v) is 7.56. The van der Waals surface area contributed by atoms with Crippen molar-refractivity contribution in [2.24, 2.45) is 0 Å². The van der Waals surface area contributed by atoms with Crippen LogP contribution in [0.3, 0.4) is 0 Å². The summed E-state index contributed by atoms with van der Waals surface area (Å²) in [6, 6.07) is 1.79. The Bertz CT molecular complexity index is 218. The Balaban J connectivity index is 2.73. The molecule has 0 aliphatic carbocycles. The van der Waals surface area contributed by atoms with Gasteiger partial charge < -0.3 is 4.52 Å². The Hall–Kier alpha value is -0.500. The first-order valence-corrected chi connectivity index (χ1v) is 4.27. The molecule has 0 N–H and O–H groups in total. The lowest BCUT2D eigenvalue weighted by Crippen LogP contribution is -1.94. The average molecular weight is 174 g/mol. The van der Waals surface area contributed by atoms with Crippen molar-refractivity contribution in [1.82, 2.24) is 5.16 Å². The van der Waals surface area contributed by atoms with Gasteiger partial charge in [-0.25, -0.2) is 0 Å². The van der Waals surface area contributed by atoms with Gasteiger partial charge in [0, 0.05) is 12.0 Å². The minimum atomic E-state index is 0.381. The minimum Gasteiger partial charge on any atom is -0.344 e. The molecule has 62 valence electrons. The van der Waals surface area contributed by atoms with Crippen LogP contribution < -0.4 is 0 Å². The van der Waals surface area contributed by atoms with Crippen molar-refractivity contribution >= 4 is 11.6 Å². The van der Waals surface area contributed by atoms with Gasteiger partial charge in [-0.3, -0.25) is 0 Å². The van der Waals surface area contributed by atoms with Crippen molar-refractivity contribution in [1.29, 1.82) is 0 Å². The highest BCUT2D eigenvalue weighted by molar-refractivity contribution is 6.28. The van der Waals surface area contributed by atoms with Gasteiger partial charge >= 0.3 is 0 Å². The Labute approximate surface area is 71.5 Å². The summed E-state index contributed by atoms with van der Waals surface area (Å²) in [5.41, 5.74) is 0.972. The van der Waals surface area contributed by atoms with Crippen molar-refractivity contribution in [3.63, 3.8) is 0 Å². The third-order valence-corrected chi connectivity index (χ3v) is 2.08. The van der Waals surface area contributed by atoms with Crippen molar-refractivity contribution in [3.05, 3.63) is 17.0 Å². The SMILES string of the molecule is CCC(CC)c1cc(Cl)on1. The smallest absolute Gasteiger partial charge is 0.226 e.